The Balaban J connectivity index is 2.85. The summed E-state index contributed by atoms with van der Waals surface area (Å²) < 4.78 is 0. The number of fused-ring (bicyclic) bond motifs is 1. The van der Waals surface area contributed by atoms with Crippen molar-refractivity contribution in [2.75, 3.05) is 0 Å². The lowest BCUT2D eigenvalue weighted by Crippen LogP contribution is -1.88. The summed E-state index contributed by atoms with van der Waals surface area (Å²) in [6, 6.07) is 1.66. The summed E-state index contributed by atoms with van der Waals surface area (Å²) in [5.41, 5.74) is 1.75. The van der Waals surface area contributed by atoms with Crippen LogP contribution in [-0.4, -0.2) is 14.9 Å². The lowest BCUT2D eigenvalue weighted by atomic mass is 10.2. The van der Waals surface area contributed by atoms with E-state index < -0.39 is 4.92 Å². The van der Waals surface area contributed by atoms with Crippen LogP contribution < -0.4 is 0 Å². The number of H-pyrrole nitrogens is 1. The number of halogens is 1. The smallest absolute Gasteiger partial charge is 0.312 e. The van der Waals surface area contributed by atoms with Crippen LogP contribution in [0.25, 0.3) is 11.0 Å². The number of aromatic amines is 1. The molecule has 0 saturated carbocycles. The van der Waals surface area contributed by atoms with Gasteiger partial charge in [0.2, 0.25) is 0 Å². The third-order valence-corrected chi connectivity index (χ3v) is 2.17. The van der Waals surface area contributed by atoms with Gasteiger partial charge in [-0.2, -0.15) is 0 Å². The molecule has 0 fully saturated rings. The molecule has 72 valence electrons. The molecule has 0 spiro atoms. The lowest BCUT2D eigenvalue weighted by Gasteiger charge is -1.95. The Kier molecular flexibility index (Phi) is 1.89. The van der Waals surface area contributed by atoms with E-state index in [4.69, 9.17) is 11.6 Å². The zero-order chi connectivity index (χ0) is 10.3. The topological polar surface area (TPSA) is 71.8 Å². The van der Waals surface area contributed by atoms with E-state index in [2.05, 4.69) is 9.97 Å². The van der Waals surface area contributed by atoms with Crippen molar-refractivity contribution >= 4 is 28.3 Å². The summed E-state index contributed by atoms with van der Waals surface area (Å²) in [6.45, 7) is 1.82. The summed E-state index contributed by atoms with van der Waals surface area (Å²) in [5.74, 6) is 0. The molecule has 0 amide bonds. The maximum Gasteiger partial charge on any atom is 0.312 e. The van der Waals surface area contributed by atoms with Gasteiger partial charge in [-0.15, -0.1) is 0 Å². The van der Waals surface area contributed by atoms with E-state index in [1.54, 1.807) is 6.07 Å². The van der Waals surface area contributed by atoms with E-state index in [1.165, 1.54) is 6.20 Å². The SMILES string of the molecule is Cc1cc(Cl)nc2c([N+](=O)[O-])c[nH]c12. The van der Waals surface area contributed by atoms with Crippen molar-refractivity contribution in [2.45, 2.75) is 6.92 Å². The van der Waals surface area contributed by atoms with Crippen LogP contribution in [0.5, 0.6) is 0 Å². The van der Waals surface area contributed by atoms with Crippen LogP contribution in [0.15, 0.2) is 12.3 Å². The molecule has 6 heteroatoms. The zero-order valence-corrected chi connectivity index (χ0v) is 8.00. The summed E-state index contributed by atoms with van der Waals surface area (Å²) in [7, 11) is 0. The molecular weight excluding hydrogens is 206 g/mol. The van der Waals surface area contributed by atoms with Gasteiger partial charge in [-0.3, -0.25) is 10.1 Å². The number of nitro groups is 1. The number of hydrogen-bond donors (Lipinski definition) is 1. The molecule has 1 N–H and O–H groups in total. The number of hydrogen-bond acceptors (Lipinski definition) is 3. The van der Waals surface area contributed by atoms with Crippen molar-refractivity contribution in [3.63, 3.8) is 0 Å². The minimum absolute atomic E-state index is 0.0504. The highest BCUT2D eigenvalue weighted by Gasteiger charge is 2.16. The van der Waals surface area contributed by atoms with E-state index in [9.17, 15) is 10.1 Å². The van der Waals surface area contributed by atoms with E-state index in [1.807, 2.05) is 6.92 Å². The first-order chi connectivity index (χ1) is 6.59. The predicted molar refractivity (Wildman–Crippen MR) is 52.5 cm³/mol. The Hall–Kier alpha value is -1.62. The second kappa shape index (κ2) is 2.95. The maximum atomic E-state index is 10.6. The molecule has 2 aromatic rings. The molecule has 0 aromatic carbocycles. The Morgan fingerprint density at radius 1 is 1.64 bits per heavy atom. The van der Waals surface area contributed by atoms with Gasteiger partial charge in [-0.25, -0.2) is 4.98 Å². The fraction of sp³-hybridized carbons (Fsp3) is 0.125. The van der Waals surface area contributed by atoms with E-state index >= 15 is 0 Å². The van der Waals surface area contributed by atoms with E-state index in [-0.39, 0.29) is 10.8 Å². The van der Waals surface area contributed by atoms with Gasteiger partial charge in [0.15, 0.2) is 5.52 Å². The van der Waals surface area contributed by atoms with Gasteiger partial charge in [0.05, 0.1) is 16.6 Å². The Morgan fingerprint density at radius 2 is 2.36 bits per heavy atom. The normalized spacial score (nSPS) is 10.7. The standard InChI is InChI=1S/C8H6ClN3O2/c1-4-2-6(9)11-8-5(12(13)14)3-10-7(4)8/h2-3,10H,1H3. The van der Waals surface area contributed by atoms with Gasteiger partial charge in [-0.1, -0.05) is 11.6 Å². The molecule has 0 radical (unpaired) electrons. The number of pyridine rings is 1. The largest absolute Gasteiger partial charge is 0.354 e. The van der Waals surface area contributed by atoms with Gasteiger partial charge in [0.1, 0.15) is 5.15 Å². The molecule has 14 heavy (non-hydrogen) atoms. The van der Waals surface area contributed by atoms with Crippen molar-refractivity contribution in [2.24, 2.45) is 0 Å². The number of nitrogens with zero attached hydrogens (tertiary/aromatic N) is 2. The molecule has 0 saturated heterocycles. The van der Waals surface area contributed by atoms with E-state index in [0.717, 1.165) is 5.56 Å². The molecule has 2 aromatic heterocycles. The highest BCUT2D eigenvalue weighted by atomic mass is 35.5. The lowest BCUT2D eigenvalue weighted by molar-refractivity contribution is -0.383. The van der Waals surface area contributed by atoms with Gasteiger partial charge >= 0.3 is 5.69 Å². The first-order valence-electron chi connectivity index (χ1n) is 3.88. The van der Waals surface area contributed by atoms with Crippen LogP contribution >= 0.6 is 11.6 Å². The first kappa shape index (κ1) is 8.96. The highest BCUT2D eigenvalue weighted by molar-refractivity contribution is 6.30. The maximum absolute atomic E-state index is 10.6. The molecule has 0 aliphatic carbocycles. The fourth-order valence-corrected chi connectivity index (χ4v) is 1.60. The first-order valence-corrected chi connectivity index (χ1v) is 4.26. The predicted octanol–water partition coefficient (Wildman–Crippen LogP) is 2.43. The Morgan fingerprint density at radius 3 is 3.00 bits per heavy atom. The Labute approximate surface area is 83.9 Å². The average molecular weight is 212 g/mol. The number of aromatic nitrogens is 2. The molecule has 0 aliphatic heterocycles. The van der Waals surface area contributed by atoms with Crippen LogP contribution in [0, 0.1) is 17.0 Å². The average Bonchev–Trinajstić information content (AvgIpc) is 2.47. The van der Waals surface area contributed by atoms with Crippen molar-refractivity contribution in [1.29, 1.82) is 0 Å². The number of rotatable bonds is 1. The van der Waals surface area contributed by atoms with Crippen molar-refractivity contribution in [1.82, 2.24) is 9.97 Å². The third-order valence-electron chi connectivity index (χ3n) is 1.98. The van der Waals surface area contributed by atoms with Crippen LogP contribution in [0.2, 0.25) is 5.15 Å². The molecule has 5 nitrogen and oxygen atoms in total. The molecule has 0 unspecified atom stereocenters. The Bertz CT molecular complexity index is 521. The van der Waals surface area contributed by atoms with E-state index in [0.29, 0.717) is 11.0 Å². The van der Waals surface area contributed by atoms with Crippen molar-refractivity contribution in [3.8, 4) is 0 Å². The van der Waals surface area contributed by atoms with Gasteiger partial charge < -0.3 is 4.98 Å². The van der Waals surface area contributed by atoms with Crippen LogP contribution in [0.4, 0.5) is 5.69 Å². The summed E-state index contributed by atoms with van der Waals surface area (Å²) >= 11 is 5.71. The minimum Gasteiger partial charge on any atom is -0.354 e. The summed E-state index contributed by atoms with van der Waals surface area (Å²) in [6.07, 6.45) is 1.32. The number of nitrogens with one attached hydrogen (secondary N) is 1. The summed E-state index contributed by atoms with van der Waals surface area (Å²) in [4.78, 5) is 16.8. The minimum atomic E-state index is -0.485. The molecule has 0 atom stereocenters. The zero-order valence-electron chi connectivity index (χ0n) is 7.24. The second-order valence-corrected chi connectivity index (χ2v) is 3.30. The van der Waals surface area contributed by atoms with Crippen molar-refractivity contribution in [3.05, 3.63) is 33.1 Å². The van der Waals surface area contributed by atoms with Crippen LogP contribution in [0.1, 0.15) is 5.56 Å². The van der Waals surface area contributed by atoms with Crippen molar-refractivity contribution < 1.29 is 4.92 Å². The van der Waals surface area contributed by atoms with Crippen LogP contribution in [0.3, 0.4) is 0 Å². The molecule has 2 heterocycles. The molecule has 0 aliphatic rings. The quantitative estimate of drug-likeness (QED) is 0.447. The highest BCUT2D eigenvalue weighted by Crippen LogP contribution is 2.27. The molecular formula is C8H6ClN3O2. The number of aryl methyl sites for hydroxylation is 1. The monoisotopic (exact) mass is 211 g/mol. The second-order valence-electron chi connectivity index (χ2n) is 2.92. The molecule has 2 rings (SSSR count). The van der Waals surface area contributed by atoms with Gasteiger partial charge in [0, 0.05) is 0 Å². The third kappa shape index (κ3) is 1.22. The van der Waals surface area contributed by atoms with Gasteiger partial charge in [-0.05, 0) is 18.6 Å². The van der Waals surface area contributed by atoms with Crippen LogP contribution in [-0.2, 0) is 0 Å². The van der Waals surface area contributed by atoms with Gasteiger partial charge in [0.25, 0.3) is 0 Å². The fourth-order valence-electron chi connectivity index (χ4n) is 1.35. The summed E-state index contributed by atoms with van der Waals surface area (Å²) in [5, 5.41) is 10.9. The molecule has 0 bridgehead atoms.